The molecule has 0 atom stereocenters. The van der Waals surface area contributed by atoms with Crippen LogP contribution < -0.4 is 5.14 Å². The van der Waals surface area contributed by atoms with Gasteiger partial charge in [-0.05, 0) is 23.6 Å². The molecule has 1 aromatic carbocycles. The number of rotatable bonds is 1. The lowest BCUT2D eigenvalue weighted by atomic mass is 9.97. The summed E-state index contributed by atoms with van der Waals surface area (Å²) >= 11 is 0. The van der Waals surface area contributed by atoms with Gasteiger partial charge in [-0.1, -0.05) is 6.07 Å². The number of sulfonamides is 1. The summed E-state index contributed by atoms with van der Waals surface area (Å²) < 4.78 is 62.3. The number of carbonyl (C=O) groups excluding carboxylic acids is 1. The third-order valence-corrected chi connectivity index (χ3v) is 4.43. The summed E-state index contributed by atoms with van der Waals surface area (Å²) in [6.45, 7) is 1.41. The Morgan fingerprint density at radius 2 is 1.95 bits per heavy atom. The summed E-state index contributed by atoms with van der Waals surface area (Å²) in [7, 11) is -4.57. The molecule has 0 unspecified atom stereocenters. The summed E-state index contributed by atoms with van der Waals surface area (Å²) in [6, 6.07) is 1.96. The lowest BCUT2D eigenvalue weighted by Crippen LogP contribution is -2.36. The van der Waals surface area contributed by atoms with E-state index in [1.807, 2.05) is 0 Å². The molecule has 21 heavy (non-hydrogen) atoms. The zero-order valence-corrected chi connectivity index (χ0v) is 11.9. The first-order chi connectivity index (χ1) is 9.51. The highest BCUT2D eigenvalue weighted by Gasteiger charge is 2.39. The maximum Gasteiger partial charge on any atom is 0.417 e. The van der Waals surface area contributed by atoms with Crippen molar-refractivity contribution in [3.8, 4) is 0 Å². The van der Waals surface area contributed by atoms with Crippen LogP contribution in [0, 0.1) is 0 Å². The van der Waals surface area contributed by atoms with Crippen LogP contribution in [0.5, 0.6) is 0 Å². The van der Waals surface area contributed by atoms with Gasteiger partial charge in [0.1, 0.15) is 0 Å². The number of hydrogen-bond donors (Lipinski definition) is 1. The molecule has 1 aliphatic rings. The number of fused-ring (bicyclic) bond motifs is 1. The molecule has 2 rings (SSSR count). The van der Waals surface area contributed by atoms with Gasteiger partial charge in [0.25, 0.3) is 0 Å². The van der Waals surface area contributed by atoms with E-state index in [0.29, 0.717) is 12.1 Å². The normalized spacial score (nSPS) is 15.8. The van der Waals surface area contributed by atoms with Crippen LogP contribution in [0.4, 0.5) is 13.2 Å². The van der Waals surface area contributed by atoms with Crippen LogP contribution in [0.1, 0.15) is 23.6 Å². The largest absolute Gasteiger partial charge is 0.417 e. The molecule has 0 saturated carbocycles. The monoisotopic (exact) mass is 322 g/mol. The van der Waals surface area contributed by atoms with E-state index < -0.39 is 26.7 Å². The number of alkyl halides is 3. The third-order valence-electron chi connectivity index (χ3n) is 3.39. The summed E-state index contributed by atoms with van der Waals surface area (Å²) in [5.41, 5.74) is -0.882. The van der Waals surface area contributed by atoms with E-state index in [-0.39, 0.29) is 24.4 Å². The highest BCUT2D eigenvalue weighted by molar-refractivity contribution is 7.89. The second-order valence-corrected chi connectivity index (χ2v) is 6.31. The van der Waals surface area contributed by atoms with E-state index >= 15 is 0 Å². The van der Waals surface area contributed by atoms with Crippen LogP contribution in [0.2, 0.25) is 0 Å². The summed E-state index contributed by atoms with van der Waals surface area (Å²) in [6.07, 6.45) is -4.55. The second-order valence-electron chi connectivity index (χ2n) is 4.81. The molecule has 116 valence electrons. The fraction of sp³-hybridized carbons (Fsp3) is 0.417. The zero-order valence-electron chi connectivity index (χ0n) is 11.1. The Labute approximate surface area is 119 Å². The molecule has 1 amide bonds. The lowest BCUT2D eigenvalue weighted by molar-refractivity contribution is -0.140. The van der Waals surface area contributed by atoms with Crippen molar-refractivity contribution >= 4 is 15.9 Å². The average molecular weight is 322 g/mol. The number of primary sulfonamides is 1. The number of benzene rings is 1. The Morgan fingerprint density at radius 3 is 2.43 bits per heavy atom. The molecule has 1 heterocycles. The van der Waals surface area contributed by atoms with Crippen molar-refractivity contribution in [2.75, 3.05) is 6.54 Å². The highest BCUT2D eigenvalue weighted by Crippen LogP contribution is 2.38. The van der Waals surface area contributed by atoms with Crippen molar-refractivity contribution in [2.24, 2.45) is 5.14 Å². The maximum atomic E-state index is 13.0. The Balaban J connectivity index is 2.71. The first-order valence-electron chi connectivity index (χ1n) is 6.02. The van der Waals surface area contributed by atoms with Gasteiger partial charge in [0, 0.05) is 20.0 Å². The molecular weight excluding hydrogens is 309 g/mol. The predicted octanol–water partition coefficient (Wildman–Crippen LogP) is 1.26. The van der Waals surface area contributed by atoms with Gasteiger partial charge in [-0.15, -0.1) is 0 Å². The van der Waals surface area contributed by atoms with Gasteiger partial charge in [-0.2, -0.15) is 13.2 Å². The van der Waals surface area contributed by atoms with Crippen LogP contribution in [-0.4, -0.2) is 25.8 Å². The van der Waals surface area contributed by atoms with Crippen LogP contribution in [0.25, 0.3) is 0 Å². The standard InChI is InChI=1S/C12H13F3N2O3S/c1-7(18)17-5-4-8-2-3-10(12(13,14)15)11(9(8)6-17)21(16,19)20/h2-3H,4-6H2,1H3,(H2,16,19,20). The van der Waals surface area contributed by atoms with Crippen molar-refractivity contribution in [1.29, 1.82) is 0 Å². The van der Waals surface area contributed by atoms with Gasteiger partial charge in [0.05, 0.1) is 10.5 Å². The molecule has 0 fully saturated rings. The van der Waals surface area contributed by atoms with E-state index in [1.165, 1.54) is 17.9 Å². The quantitative estimate of drug-likeness (QED) is 0.845. The molecular formula is C12H13F3N2O3S. The minimum Gasteiger partial charge on any atom is -0.338 e. The van der Waals surface area contributed by atoms with Gasteiger partial charge in [0.2, 0.25) is 15.9 Å². The van der Waals surface area contributed by atoms with Crippen molar-refractivity contribution in [2.45, 2.75) is 31.0 Å². The van der Waals surface area contributed by atoms with Crippen LogP contribution >= 0.6 is 0 Å². The van der Waals surface area contributed by atoms with E-state index in [0.717, 1.165) is 6.07 Å². The Hall–Kier alpha value is -1.61. The summed E-state index contributed by atoms with van der Waals surface area (Å²) in [5, 5.41) is 4.97. The minimum atomic E-state index is -4.84. The number of amides is 1. The summed E-state index contributed by atoms with van der Waals surface area (Å²) in [4.78, 5) is 11.7. The molecule has 1 aliphatic heterocycles. The molecule has 0 saturated heterocycles. The zero-order chi connectivity index (χ0) is 16.0. The Bertz CT molecular complexity index is 698. The number of hydrogen-bond acceptors (Lipinski definition) is 3. The first kappa shape index (κ1) is 15.8. The molecule has 0 bridgehead atoms. The maximum absolute atomic E-state index is 13.0. The van der Waals surface area contributed by atoms with Crippen molar-refractivity contribution in [1.82, 2.24) is 4.90 Å². The smallest absolute Gasteiger partial charge is 0.338 e. The second kappa shape index (κ2) is 4.99. The predicted molar refractivity (Wildman–Crippen MR) is 67.6 cm³/mol. The van der Waals surface area contributed by atoms with Crippen molar-refractivity contribution < 1.29 is 26.4 Å². The van der Waals surface area contributed by atoms with Crippen LogP contribution in [-0.2, 0) is 34.0 Å². The Kier molecular flexibility index (Phi) is 3.75. The molecule has 0 aliphatic carbocycles. The fourth-order valence-electron chi connectivity index (χ4n) is 2.42. The molecule has 2 N–H and O–H groups in total. The van der Waals surface area contributed by atoms with Crippen molar-refractivity contribution in [3.05, 3.63) is 28.8 Å². The number of halogens is 3. The van der Waals surface area contributed by atoms with Gasteiger partial charge in [0.15, 0.2) is 0 Å². The van der Waals surface area contributed by atoms with Crippen LogP contribution in [0.15, 0.2) is 17.0 Å². The molecule has 1 aromatic rings. The van der Waals surface area contributed by atoms with E-state index in [2.05, 4.69) is 0 Å². The molecule has 9 heteroatoms. The van der Waals surface area contributed by atoms with E-state index in [4.69, 9.17) is 5.14 Å². The minimum absolute atomic E-state index is 0.0474. The third kappa shape index (κ3) is 3.03. The van der Waals surface area contributed by atoms with E-state index in [9.17, 15) is 26.4 Å². The SMILES string of the molecule is CC(=O)N1CCc2ccc(C(F)(F)F)c(S(N)(=O)=O)c2C1. The molecule has 0 spiro atoms. The van der Waals surface area contributed by atoms with E-state index in [1.54, 1.807) is 0 Å². The number of nitrogens with zero attached hydrogens (tertiary/aromatic N) is 1. The van der Waals surface area contributed by atoms with Gasteiger partial charge in [-0.25, -0.2) is 13.6 Å². The van der Waals surface area contributed by atoms with Gasteiger partial charge < -0.3 is 4.90 Å². The Morgan fingerprint density at radius 1 is 1.33 bits per heavy atom. The highest BCUT2D eigenvalue weighted by atomic mass is 32.2. The fourth-order valence-corrected chi connectivity index (χ4v) is 3.45. The average Bonchev–Trinajstić information content (AvgIpc) is 2.34. The van der Waals surface area contributed by atoms with Gasteiger partial charge in [-0.3, -0.25) is 4.79 Å². The molecule has 0 aromatic heterocycles. The first-order valence-corrected chi connectivity index (χ1v) is 7.56. The number of nitrogens with two attached hydrogens (primary N) is 1. The molecule has 5 nitrogen and oxygen atoms in total. The van der Waals surface area contributed by atoms with Crippen LogP contribution in [0.3, 0.4) is 0 Å². The number of carbonyl (C=O) groups is 1. The van der Waals surface area contributed by atoms with Gasteiger partial charge >= 0.3 is 6.18 Å². The van der Waals surface area contributed by atoms with Crippen molar-refractivity contribution in [3.63, 3.8) is 0 Å². The molecule has 0 radical (unpaired) electrons. The topological polar surface area (TPSA) is 80.5 Å². The summed E-state index contributed by atoms with van der Waals surface area (Å²) in [5.74, 6) is -0.335. The lowest BCUT2D eigenvalue weighted by Gasteiger charge is -2.30.